The molecule has 1 fully saturated rings. The molecule has 1 heterocycles. The van der Waals surface area contributed by atoms with E-state index in [2.05, 4.69) is 16.6 Å². The summed E-state index contributed by atoms with van der Waals surface area (Å²) >= 11 is 0. The Morgan fingerprint density at radius 2 is 2.27 bits per heavy atom. The van der Waals surface area contributed by atoms with Gasteiger partial charge in [-0.15, -0.1) is 12.3 Å². The molecule has 0 bridgehead atoms. The zero-order valence-corrected chi connectivity index (χ0v) is 8.88. The molecule has 0 aromatic carbocycles. The molecule has 4 nitrogen and oxygen atoms in total. The standard InChI is InChI=1S/C11H18N2O2/c1-2-3-4-5-6-13-11(7-10(14)15)8-12-9-11/h1,12-13H,3-9H2,(H,14,15). The lowest BCUT2D eigenvalue weighted by Crippen LogP contribution is -2.68. The molecule has 1 saturated heterocycles. The van der Waals surface area contributed by atoms with Crippen LogP contribution in [0, 0.1) is 12.3 Å². The maximum absolute atomic E-state index is 10.6. The fourth-order valence-electron chi connectivity index (χ4n) is 1.73. The highest BCUT2D eigenvalue weighted by atomic mass is 16.4. The van der Waals surface area contributed by atoms with E-state index in [0.717, 1.165) is 38.9 Å². The van der Waals surface area contributed by atoms with Crippen LogP contribution >= 0.6 is 0 Å². The lowest BCUT2D eigenvalue weighted by Gasteiger charge is -2.42. The quantitative estimate of drug-likeness (QED) is 0.415. The Morgan fingerprint density at radius 3 is 2.73 bits per heavy atom. The molecule has 0 radical (unpaired) electrons. The van der Waals surface area contributed by atoms with Gasteiger partial charge in [-0.05, 0) is 19.4 Å². The maximum atomic E-state index is 10.6. The van der Waals surface area contributed by atoms with Crippen LogP contribution in [0.25, 0.3) is 0 Å². The molecule has 3 N–H and O–H groups in total. The second-order valence-corrected chi connectivity index (χ2v) is 4.04. The van der Waals surface area contributed by atoms with Crippen LogP contribution in [-0.2, 0) is 4.79 Å². The van der Waals surface area contributed by atoms with Crippen molar-refractivity contribution < 1.29 is 9.90 Å². The van der Waals surface area contributed by atoms with E-state index in [1.807, 2.05) is 0 Å². The van der Waals surface area contributed by atoms with Crippen molar-refractivity contribution in [3.8, 4) is 12.3 Å². The Balaban J connectivity index is 2.17. The predicted octanol–water partition coefficient (Wildman–Crippen LogP) is 0.196. The topological polar surface area (TPSA) is 61.4 Å². The van der Waals surface area contributed by atoms with Gasteiger partial charge in [-0.1, -0.05) is 0 Å². The molecular weight excluding hydrogens is 192 g/mol. The summed E-state index contributed by atoms with van der Waals surface area (Å²) in [6.45, 7) is 2.33. The molecule has 1 rings (SSSR count). The van der Waals surface area contributed by atoms with Gasteiger partial charge in [0.1, 0.15) is 0 Å². The Hall–Kier alpha value is -1.05. The van der Waals surface area contributed by atoms with E-state index in [0.29, 0.717) is 0 Å². The van der Waals surface area contributed by atoms with Crippen molar-refractivity contribution in [2.45, 2.75) is 31.2 Å². The van der Waals surface area contributed by atoms with Crippen LogP contribution in [0.2, 0.25) is 0 Å². The summed E-state index contributed by atoms with van der Waals surface area (Å²) in [5, 5.41) is 15.2. The van der Waals surface area contributed by atoms with Gasteiger partial charge < -0.3 is 15.7 Å². The highest BCUT2D eigenvalue weighted by Gasteiger charge is 2.38. The summed E-state index contributed by atoms with van der Waals surface area (Å²) in [6, 6.07) is 0. The number of carboxylic acids is 1. The van der Waals surface area contributed by atoms with Crippen LogP contribution in [0.4, 0.5) is 0 Å². The molecule has 0 spiro atoms. The molecular formula is C11H18N2O2. The van der Waals surface area contributed by atoms with Crippen molar-refractivity contribution in [2.24, 2.45) is 0 Å². The van der Waals surface area contributed by atoms with Crippen molar-refractivity contribution in [3.05, 3.63) is 0 Å². The zero-order chi connectivity index (χ0) is 11.1. The van der Waals surface area contributed by atoms with E-state index in [9.17, 15) is 4.79 Å². The molecule has 0 atom stereocenters. The average molecular weight is 210 g/mol. The number of rotatable bonds is 7. The molecule has 0 aliphatic carbocycles. The van der Waals surface area contributed by atoms with Crippen LogP contribution in [0.15, 0.2) is 0 Å². The van der Waals surface area contributed by atoms with E-state index in [1.165, 1.54) is 0 Å². The van der Waals surface area contributed by atoms with Gasteiger partial charge in [0.25, 0.3) is 0 Å². The van der Waals surface area contributed by atoms with Crippen LogP contribution in [0.5, 0.6) is 0 Å². The average Bonchev–Trinajstić information content (AvgIpc) is 2.12. The molecule has 84 valence electrons. The monoisotopic (exact) mass is 210 g/mol. The smallest absolute Gasteiger partial charge is 0.305 e. The van der Waals surface area contributed by atoms with Crippen LogP contribution in [0.3, 0.4) is 0 Å². The number of carboxylic acid groups (broad SMARTS) is 1. The van der Waals surface area contributed by atoms with Gasteiger partial charge in [-0.25, -0.2) is 0 Å². The number of aliphatic carboxylic acids is 1. The highest BCUT2D eigenvalue weighted by molar-refractivity contribution is 5.68. The molecule has 0 aromatic rings. The summed E-state index contributed by atoms with van der Waals surface area (Å²) in [5.41, 5.74) is -0.220. The van der Waals surface area contributed by atoms with Gasteiger partial charge in [-0.2, -0.15) is 0 Å². The van der Waals surface area contributed by atoms with Gasteiger partial charge in [0.05, 0.1) is 12.0 Å². The van der Waals surface area contributed by atoms with Crippen molar-refractivity contribution in [2.75, 3.05) is 19.6 Å². The Bertz CT molecular complexity index is 254. The normalized spacial score (nSPS) is 17.8. The first-order valence-corrected chi connectivity index (χ1v) is 5.29. The van der Waals surface area contributed by atoms with E-state index in [1.54, 1.807) is 0 Å². The fourth-order valence-corrected chi connectivity index (χ4v) is 1.73. The lowest BCUT2D eigenvalue weighted by molar-refractivity contribution is -0.139. The SMILES string of the molecule is C#CCCCCNC1(CC(=O)O)CNC1. The second kappa shape index (κ2) is 5.74. The highest BCUT2D eigenvalue weighted by Crippen LogP contribution is 2.15. The third kappa shape index (κ3) is 3.90. The largest absolute Gasteiger partial charge is 0.481 e. The summed E-state index contributed by atoms with van der Waals surface area (Å²) in [5.74, 6) is 1.85. The molecule has 15 heavy (non-hydrogen) atoms. The van der Waals surface area contributed by atoms with Crippen LogP contribution in [0.1, 0.15) is 25.7 Å². The van der Waals surface area contributed by atoms with E-state index < -0.39 is 5.97 Å². The van der Waals surface area contributed by atoms with E-state index in [-0.39, 0.29) is 12.0 Å². The van der Waals surface area contributed by atoms with Gasteiger partial charge in [0.2, 0.25) is 0 Å². The molecule has 4 heteroatoms. The summed E-state index contributed by atoms with van der Waals surface area (Å²) < 4.78 is 0. The Morgan fingerprint density at radius 1 is 1.53 bits per heavy atom. The molecule has 0 amide bonds. The van der Waals surface area contributed by atoms with E-state index in [4.69, 9.17) is 11.5 Å². The third-order valence-corrected chi connectivity index (χ3v) is 2.66. The number of hydrogen-bond acceptors (Lipinski definition) is 3. The van der Waals surface area contributed by atoms with Crippen LogP contribution < -0.4 is 10.6 Å². The molecule has 1 aliphatic rings. The Kier molecular flexibility index (Phi) is 4.60. The van der Waals surface area contributed by atoms with E-state index >= 15 is 0 Å². The minimum absolute atomic E-state index is 0.190. The molecule has 0 unspecified atom stereocenters. The first-order valence-electron chi connectivity index (χ1n) is 5.29. The minimum atomic E-state index is -0.743. The zero-order valence-electron chi connectivity index (χ0n) is 8.88. The summed E-state index contributed by atoms with van der Waals surface area (Å²) in [6.07, 6.45) is 8.13. The van der Waals surface area contributed by atoms with Crippen molar-refractivity contribution in [1.29, 1.82) is 0 Å². The van der Waals surface area contributed by atoms with Gasteiger partial charge in [0.15, 0.2) is 0 Å². The third-order valence-electron chi connectivity index (χ3n) is 2.66. The lowest BCUT2D eigenvalue weighted by atomic mass is 9.88. The maximum Gasteiger partial charge on any atom is 0.305 e. The number of carbonyl (C=O) groups is 1. The Labute approximate surface area is 90.4 Å². The number of unbranched alkanes of at least 4 members (excludes halogenated alkanes) is 2. The first-order chi connectivity index (χ1) is 7.18. The molecule has 0 saturated carbocycles. The van der Waals surface area contributed by atoms with Crippen molar-refractivity contribution >= 4 is 5.97 Å². The first kappa shape index (κ1) is 12.0. The number of terminal acetylenes is 1. The van der Waals surface area contributed by atoms with Crippen LogP contribution in [-0.4, -0.2) is 36.2 Å². The second-order valence-electron chi connectivity index (χ2n) is 4.04. The minimum Gasteiger partial charge on any atom is -0.481 e. The van der Waals surface area contributed by atoms with Crippen molar-refractivity contribution in [3.63, 3.8) is 0 Å². The fraction of sp³-hybridized carbons (Fsp3) is 0.727. The van der Waals surface area contributed by atoms with Gasteiger partial charge in [0, 0.05) is 19.5 Å². The predicted molar refractivity (Wildman–Crippen MR) is 58.5 cm³/mol. The number of nitrogens with one attached hydrogen (secondary N) is 2. The molecule has 1 aliphatic heterocycles. The number of hydrogen-bond donors (Lipinski definition) is 3. The summed E-state index contributed by atoms with van der Waals surface area (Å²) in [4.78, 5) is 10.6. The molecule has 0 aromatic heterocycles. The summed E-state index contributed by atoms with van der Waals surface area (Å²) in [7, 11) is 0. The van der Waals surface area contributed by atoms with Gasteiger partial charge in [-0.3, -0.25) is 4.79 Å². The van der Waals surface area contributed by atoms with Crippen molar-refractivity contribution in [1.82, 2.24) is 10.6 Å². The van der Waals surface area contributed by atoms with Gasteiger partial charge >= 0.3 is 5.97 Å².